The van der Waals surface area contributed by atoms with Gasteiger partial charge in [-0.25, -0.2) is 0 Å². The minimum Gasteiger partial charge on any atom is -0.289 e. The molecule has 0 heterocycles. The Morgan fingerprint density at radius 2 is 1.55 bits per heavy atom. The van der Waals surface area contributed by atoms with E-state index in [-0.39, 0.29) is 5.78 Å². The molecule has 0 fully saturated rings. The van der Waals surface area contributed by atoms with Crippen molar-refractivity contribution in [1.29, 1.82) is 0 Å². The van der Waals surface area contributed by atoms with E-state index in [4.69, 9.17) is 0 Å². The van der Waals surface area contributed by atoms with Gasteiger partial charge in [0.1, 0.15) is 0 Å². The van der Waals surface area contributed by atoms with Crippen molar-refractivity contribution in [1.82, 2.24) is 0 Å². The molecule has 0 saturated heterocycles. The van der Waals surface area contributed by atoms with Gasteiger partial charge in [-0.15, -0.1) is 0 Å². The number of carbonyl (C=O) groups excluding carboxylic acids is 1. The van der Waals surface area contributed by atoms with E-state index in [0.29, 0.717) is 0 Å². The Labute approximate surface area is 129 Å². The smallest absolute Gasteiger partial charge is 0.189 e. The lowest BCUT2D eigenvalue weighted by molar-refractivity contribution is 0.102. The molecule has 22 heavy (non-hydrogen) atoms. The number of aryl methyl sites for hydroxylation is 1. The van der Waals surface area contributed by atoms with E-state index in [1.54, 1.807) is 0 Å². The third-order valence-corrected chi connectivity index (χ3v) is 4.33. The molecule has 3 aromatic rings. The second-order valence-electron chi connectivity index (χ2n) is 5.76. The van der Waals surface area contributed by atoms with Crippen LogP contribution in [0.3, 0.4) is 0 Å². The van der Waals surface area contributed by atoms with Crippen LogP contribution in [0.1, 0.15) is 27.9 Å². The van der Waals surface area contributed by atoms with Crippen LogP contribution in [0.5, 0.6) is 0 Å². The third-order valence-electron chi connectivity index (χ3n) is 4.33. The molecule has 0 radical (unpaired) electrons. The van der Waals surface area contributed by atoms with Crippen molar-refractivity contribution in [2.45, 2.75) is 12.8 Å². The van der Waals surface area contributed by atoms with Crippen LogP contribution in [0.25, 0.3) is 16.8 Å². The quantitative estimate of drug-likeness (QED) is 0.571. The number of hydrogen-bond donors (Lipinski definition) is 0. The Morgan fingerprint density at radius 1 is 0.773 bits per heavy atom. The molecule has 1 aliphatic carbocycles. The molecule has 3 aromatic carbocycles. The highest BCUT2D eigenvalue weighted by atomic mass is 16.1. The summed E-state index contributed by atoms with van der Waals surface area (Å²) in [5, 5.41) is 2.44. The molecule has 106 valence electrons. The first-order chi connectivity index (χ1) is 10.8. The summed E-state index contributed by atoms with van der Waals surface area (Å²) >= 11 is 0. The fraction of sp³-hybridized carbons (Fsp3) is 0.0952. The minimum atomic E-state index is 0.176. The van der Waals surface area contributed by atoms with Gasteiger partial charge in [0.25, 0.3) is 0 Å². The van der Waals surface area contributed by atoms with E-state index in [9.17, 15) is 4.79 Å². The van der Waals surface area contributed by atoms with Crippen molar-refractivity contribution in [3.8, 4) is 0 Å². The molecular formula is C21H16O. The molecule has 1 heteroatoms. The summed E-state index contributed by atoms with van der Waals surface area (Å²) in [6.45, 7) is 0. The number of hydrogen-bond acceptors (Lipinski definition) is 1. The van der Waals surface area contributed by atoms with Gasteiger partial charge >= 0.3 is 0 Å². The van der Waals surface area contributed by atoms with Crippen LogP contribution in [0, 0.1) is 0 Å². The molecular weight excluding hydrogens is 268 g/mol. The Kier molecular flexibility index (Phi) is 3.12. The Bertz CT molecular complexity index is 902. The van der Waals surface area contributed by atoms with Crippen molar-refractivity contribution in [3.63, 3.8) is 0 Å². The summed E-state index contributed by atoms with van der Waals surface area (Å²) in [6.07, 6.45) is 3.81. The normalized spacial score (nSPS) is 16.0. The first kappa shape index (κ1) is 13.0. The first-order valence-corrected chi connectivity index (χ1v) is 7.63. The van der Waals surface area contributed by atoms with Gasteiger partial charge in [0.15, 0.2) is 5.78 Å². The Hall–Kier alpha value is -2.67. The molecule has 0 aliphatic heterocycles. The number of benzene rings is 3. The van der Waals surface area contributed by atoms with Gasteiger partial charge in [0, 0.05) is 11.1 Å². The van der Waals surface area contributed by atoms with Gasteiger partial charge < -0.3 is 0 Å². The maximum Gasteiger partial charge on any atom is 0.189 e. The topological polar surface area (TPSA) is 17.1 Å². The highest BCUT2D eigenvalue weighted by Gasteiger charge is 2.20. The molecule has 4 rings (SSSR count). The molecule has 0 unspecified atom stereocenters. The summed E-state index contributed by atoms with van der Waals surface area (Å²) in [4.78, 5) is 12.6. The maximum atomic E-state index is 12.6. The second-order valence-corrected chi connectivity index (χ2v) is 5.76. The van der Waals surface area contributed by atoms with Crippen LogP contribution in [0.4, 0.5) is 0 Å². The molecule has 0 bridgehead atoms. The van der Waals surface area contributed by atoms with Gasteiger partial charge in [-0.1, -0.05) is 60.7 Å². The summed E-state index contributed by atoms with van der Waals surface area (Å²) in [7, 11) is 0. The maximum absolute atomic E-state index is 12.6. The van der Waals surface area contributed by atoms with Crippen LogP contribution < -0.4 is 0 Å². The van der Waals surface area contributed by atoms with Gasteiger partial charge in [-0.05, 0) is 46.9 Å². The van der Waals surface area contributed by atoms with E-state index >= 15 is 0 Å². The van der Waals surface area contributed by atoms with Crippen LogP contribution in [-0.2, 0) is 6.42 Å². The van der Waals surface area contributed by atoms with Crippen molar-refractivity contribution in [2.75, 3.05) is 0 Å². The third kappa shape index (κ3) is 2.25. The van der Waals surface area contributed by atoms with E-state index in [0.717, 1.165) is 29.5 Å². The molecule has 1 nitrogen and oxygen atoms in total. The van der Waals surface area contributed by atoms with Crippen LogP contribution in [0.15, 0.2) is 72.3 Å². The van der Waals surface area contributed by atoms with Gasteiger partial charge in [0.2, 0.25) is 0 Å². The molecule has 0 aromatic heterocycles. The van der Waals surface area contributed by atoms with Crippen LogP contribution >= 0.6 is 0 Å². The lowest BCUT2D eigenvalue weighted by Crippen LogP contribution is -2.13. The summed E-state index contributed by atoms with van der Waals surface area (Å²) in [5.74, 6) is 0.176. The van der Waals surface area contributed by atoms with Crippen molar-refractivity contribution in [2.24, 2.45) is 0 Å². The predicted octanol–water partition coefficient (Wildman–Crippen LogP) is 5.05. The average molecular weight is 284 g/mol. The zero-order chi connectivity index (χ0) is 14.9. The lowest BCUT2D eigenvalue weighted by atomic mass is 9.86. The monoisotopic (exact) mass is 284 g/mol. The van der Waals surface area contributed by atoms with Crippen molar-refractivity contribution < 1.29 is 4.79 Å². The Morgan fingerprint density at radius 3 is 2.45 bits per heavy atom. The van der Waals surface area contributed by atoms with E-state index < -0.39 is 0 Å². The highest BCUT2D eigenvalue weighted by molar-refractivity contribution is 6.13. The molecule has 0 amide bonds. The zero-order valence-electron chi connectivity index (χ0n) is 12.3. The van der Waals surface area contributed by atoms with Gasteiger partial charge in [-0.3, -0.25) is 4.79 Å². The number of carbonyl (C=O) groups is 1. The Balaban J connectivity index is 1.74. The van der Waals surface area contributed by atoms with Gasteiger partial charge in [-0.2, -0.15) is 0 Å². The first-order valence-electron chi connectivity index (χ1n) is 7.63. The molecule has 0 atom stereocenters. The second kappa shape index (κ2) is 5.27. The average Bonchev–Trinajstić information content (AvgIpc) is 2.57. The minimum absolute atomic E-state index is 0.176. The summed E-state index contributed by atoms with van der Waals surface area (Å²) in [6, 6.07) is 22.6. The molecule has 0 N–H and O–H groups in total. The fourth-order valence-corrected chi connectivity index (χ4v) is 3.15. The number of Topliss-reactive ketones (excluding diaryl/α,β-unsaturated/α-hetero) is 1. The highest BCUT2D eigenvalue weighted by Crippen LogP contribution is 2.27. The van der Waals surface area contributed by atoms with Crippen molar-refractivity contribution in [3.05, 3.63) is 89.0 Å². The molecule has 1 aliphatic rings. The van der Waals surface area contributed by atoms with Gasteiger partial charge in [0.05, 0.1) is 0 Å². The number of allylic oxidation sites excluding steroid dienone is 1. The molecule has 0 saturated carbocycles. The number of ketones is 1. The van der Waals surface area contributed by atoms with Crippen LogP contribution in [-0.4, -0.2) is 5.78 Å². The fourth-order valence-electron chi connectivity index (χ4n) is 3.15. The zero-order valence-corrected chi connectivity index (χ0v) is 12.3. The standard InChI is InChI=1S/C21H16O/c22-21-19(12-11-17-6-3-4-8-20(17)21)14-15-9-10-16-5-1-2-7-18(16)13-15/h1-10,13-14H,11-12H2. The predicted molar refractivity (Wildman–Crippen MR) is 91.0 cm³/mol. The van der Waals surface area contributed by atoms with E-state index in [1.165, 1.54) is 16.3 Å². The summed E-state index contributed by atoms with van der Waals surface area (Å²) in [5.41, 5.74) is 4.04. The largest absolute Gasteiger partial charge is 0.289 e. The number of fused-ring (bicyclic) bond motifs is 2. The lowest BCUT2D eigenvalue weighted by Gasteiger charge is -2.17. The van der Waals surface area contributed by atoms with Crippen molar-refractivity contribution >= 4 is 22.6 Å². The van der Waals surface area contributed by atoms with E-state index in [2.05, 4.69) is 36.4 Å². The number of rotatable bonds is 1. The van der Waals surface area contributed by atoms with Crippen LogP contribution in [0.2, 0.25) is 0 Å². The SMILES string of the molecule is O=C1C(=Cc2ccc3ccccc3c2)CCc2ccccc21. The molecule has 0 spiro atoms. The van der Waals surface area contributed by atoms with E-state index in [1.807, 2.05) is 36.4 Å². The summed E-state index contributed by atoms with van der Waals surface area (Å²) < 4.78 is 0.